The molecule has 2 aromatic heterocycles. The number of aromatic nitrogens is 2. The Kier molecular flexibility index (Phi) is 9.19. The number of oxazole rings is 1. The first kappa shape index (κ1) is 30.2. The second-order valence-corrected chi connectivity index (χ2v) is 13.1. The minimum atomic E-state index is -0.408. The van der Waals surface area contributed by atoms with Crippen molar-refractivity contribution in [1.29, 1.82) is 0 Å². The van der Waals surface area contributed by atoms with Crippen molar-refractivity contribution in [3.8, 4) is 11.3 Å². The monoisotopic (exact) mass is 599 g/mol. The number of rotatable bonds is 9. The molecule has 2 heterocycles. The van der Waals surface area contributed by atoms with E-state index >= 15 is 0 Å². The van der Waals surface area contributed by atoms with Crippen LogP contribution in [0.2, 0.25) is 0 Å². The van der Waals surface area contributed by atoms with E-state index in [1.54, 1.807) is 6.26 Å². The summed E-state index contributed by atoms with van der Waals surface area (Å²) in [6.07, 6.45) is 12.9. The van der Waals surface area contributed by atoms with E-state index in [1.807, 2.05) is 25.2 Å². The van der Waals surface area contributed by atoms with Gasteiger partial charge in [0, 0.05) is 43.7 Å². The molecule has 1 aromatic carbocycles. The zero-order valence-electron chi connectivity index (χ0n) is 26.1. The van der Waals surface area contributed by atoms with E-state index in [0.717, 1.165) is 92.7 Å². The molecule has 2 amide bonds. The molecule has 0 radical (unpaired) electrons. The molecule has 3 aliphatic rings. The van der Waals surface area contributed by atoms with Gasteiger partial charge in [0.1, 0.15) is 17.8 Å². The zero-order chi connectivity index (χ0) is 30.6. The van der Waals surface area contributed by atoms with E-state index in [4.69, 9.17) is 14.1 Å². The van der Waals surface area contributed by atoms with Crippen molar-refractivity contribution < 1.29 is 18.7 Å². The molecule has 44 heavy (non-hydrogen) atoms. The smallest absolute Gasteiger partial charge is 0.407 e. The molecular formula is C35H45N5O4. The Balaban J connectivity index is 1.17. The molecule has 3 fully saturated rings. The summed E-state index contributed by atoms with van der Waals surface area (Å²) in [5, 5.41) is 6.41. The molecule has 1 unspecified atom stereocenters. The number of nitrogens with one attached hydrogen (secondary N) is 2. The molecule has 3 aliphatic carbocycles. The van der Waals surface area contributed by atoms with Gasteiger partial charge >= 0.3 is 6.09 Å². The van der Waals surface area contributed by atoms with Crippen molar-refractivity contribution in [2.24, 2.45) is 11.8 Å². The largest absolute Gasteiger partial charge is 0.453 e. The SMILES string of the molecule is COC(=O)NC1CCC(C(=O)NC(c2cccc(-c3coc(C4CC4)n3)c2)C2CCC(c3ccc(N(C)C)nc3)CC2)CC1. The lowest BCUT2D eigenvalue weighted by atomic mass is 9.74. The second kappa shape index (κ2) is 13.4. The molecule has 1 atom stereocenters. The van der Waals surface area contributed by atoms with Crippen molar-refractivity contribution >= 4 is 17.8 Å². The number of methoxy groups -OCH3 is 1. The second-order valence-electron chi connectivity index (χ2n) is 13.1. The number of amides is 2. The van der Waals surface area contributed by atoms with Crippen LogP contribution < -0.4 is 15.5 Å². The Morgan fingerprint density at radius 1 is 0.955 bits per heavy atom. The number of hydrogen-bond donors (Lipinski definition) is 2. The summed E-state index contributed by atoms with van der Waals surface area (Å²) in [5.74, 6) is 3.12. The number of ether oxygens (including phenoxy) is 1. The fourth-order valence-corrected chi connectivity index (χ4v) is 6.99. The van der Waals surface area contributed by atoms with E-state index in [-0.39, 0.29) is 23.9 Å². The van der Waals surface area contributed by atoms with Crippen LogP contribution in [0.5, 0.6) is 0 Å². The maximum atomic E-state index is 13.8. The summed E-state index contributed by atoms with van der Waals surface area (Å²) in [6.45, 7) is 0. The van der Waals surface area contributed by atoms with Gasteiger partial charge in [-0.1, -0.05) is 24.3 Å². The van der Waals surface area contributed by atoms with Gasteiger partial charge in [-0.15, -0.1) is 0 Å². The summed E-state index contributed by atoms with van der Waals surface area (Å²) >= 11 is 0. The highest BCUT2D eigenvalue weighted by atomic mass is 16.5. The van der Waals surface area contributed by atoms with E-state index in [1.165, 1.54) is 12.7 Å². The Hall–Kier alpha value is -3.88. The molecule has 3 saturated carbocycles. The fraction of sp³-hybridized carbons (Fsp3) is 0.543. The predicted molar refractivity (Wildman–Crippen MR) is 169 cm³/mol. The molecule has 234 valence electrons. The molecule has 9 heteroatoms. The van der Waals surface area contributed by atoms with Gasteiger partial charge in [0.2, 0.25) is 5.91 Å². The minimum absolute atomic E-state index is 0.0542. The average Bonchev–Trinajstić information content (AvgIpc) is 3.79. The first-order valence-corrected chi connectivity index (χ1v) is 16.2. The fourth-order valence-electron chi connectivity index (χ4n) is 6.99. The van der Waals surface area contributed by atoms with Gasteiger partial charge in [0.05, 0.1) is 13.2 Å². The van der Waals surface area contributed by atoms with Crippen LogP contribution in [0.3, 0.4) is 0 Å². The molecule has 0 bridgehead atoms. The van der Waals surface area contributed by atoms with Crippen molar-refractivity contribution in [3.63, 3.8) is 0 Å². The number of pyridine rings is 1. The third-order valence-electron chi connectivity index (χ3n) is 9.84. The van der Waals surface area contributed by atoms with Crippen LogP contribution in [0, 0.1) is 11.8 Å². The lowest BCUT2D eigenvalue weighted by Crippen LogP contribution is -2.43. The Morgan fingerprint density at radius 3 is 2.36 bits per heavy atom. The number of nitrogens with zero attached hydrogens (tertiary/aromatic N) is 3. The normalized spacial score (nSPS) is 24.2. The van der Waals surface area contributed by atoms with Gasteiger partial charge in [-0.25, -0.2) is 14.8 Å². The van der Waals surface area contributed by atoms with Crippen LogP contribution in [0.1, 0.15) is 99.1 Å². The van der Waals surface area contributed by atoms with Crippen LogP contribution in [0.4, 0.5) is 10.6 Å². The number of hydrogen-bond acceptors (Lipinski definition) is 7. The van der Waals surface area contributed by atoms with Crippen molar-refractivity contribution in [1.82, 2.24) is 20.6 Å². The number of anilines is 1. The highest BCUT2D eigenvalue weighted by Gasteiger charge is 2.34. The van der Waals surface area contributed by atoms with Crippen molar-refractivity contribution in [2.45, 2.75) is 88.1 Å². The highest BCUT2D eigenvalue weighted by molar-refractivity contribution is 5.79. The molecule has 0 aliphatic heterocycles. The summed E-state index contributed by atoms with van der Waals surface area (Å²) in [7, 11) is 5.40. The van der Waals surface area contributed by atoms with Gasteiger partial charge in [0.15, 0.2) is 5.89 Å². The molecule has 2 N–H and O–H groups in total. The lowest BCUT2D eigenvalue weighted by molar-refractivity contribution is -0.127. The topological polar surface area (TPSA) is 110 Å². The van der Waals surface area contributed by atoms with E-state index in [9.17, 15) is 9.59 Å². The van der Waals surface area contributed by atoms with Gasteiger partial charge in [0.25, 0.3) is 0 Å². The minimum Gasteiger partial charge on any atom is -0.453 e. The number of benzene rings is 1. The molecule has 6 rings (SSSR count). The van der Waals surface area contributed by atoms with Gasteiger partial charge in [-0.05, 0) is 99.3 Å². The van der Waals surface area contributed by atoms with Crippen molar-refractivity contribution in [3.05, 3.63) is 65.9 Å². The molecule has 3 aromatic rings. The maximum absolute atomic E-state index is 13.8. The third kappa shape index (κ3) is 7.08. The van der Waals surface area contributed by atoms with E-state index in [2.05, 4.69) is 52.0 Å². The van der Waals surface area contributed by atoms with Crippen LogP contribution in [0.25, 0.3) is 11.3 Å². The van der Waals surface area contributed by atoms with Gasteiger partial charge in [-0.3, -0.25) is 4.79 Å². The predicted octanol–water partition coefficient (Wildman–Crippen LogP) is 6.73. The van der Waals surface area contributed by atoms with E-state index in [0.29, 0.717) is 17.8 Å². The summed E-state index contributed by atoms with van der Waals surface area (Å²) in [6, 6.07) is 12.8. The Bertz CT molecular complexity index is 1420. The number of alkyl carbamates (subject to hydrolysis) is 1. The summed E-state index contributed by atoms with van der Waals surface area (Å²) in [5.41, 5.74) is 4.29. The van der Waals surface area contributed by atoms with E-state index < -0.39 is 6.09 Å². The molecule has 0 spiro atoms. The average molecular weight is 600 g/mol. The highest BCUT2D eigenvalue weighted by Crippen LogP contribution is 2.43. The maximum Gasteiger partial charge on any atom is 0.407 e. The van der Waals surface area contributed by atoms with Gasteiger partial charge < -0.3 is 24.7 Å². The summed E-state index contributed by atoms with van der Waals surface area (Å²) in [4.78, 5) is 36.9. The van der Waals surface area contributed by atoms with Gasteiger partial charge in [-0.2, -0.15) is 0 Å². The van der Waals surface area contributed by atoms with Crippen LogP contribution in [-0.4, -0.2) is 49.2 Å². The molecule has 0 saturated heterocycles. The third-order valence-corrected chi connectivity index (χ3v) is 9.84. The number of carbonyl (C=O) groups is 2. The van der Waals surface area contributed by atoms with Crippen LogP contribution >= 0.6 is 0 Å². The quantitative estimate of drug-likeness (QED) is 0.281. The summed E-state index contributed by atoms with van der Waals surface area (Å²) < 4.78 is 10.6. The molecular weight excluding hydrogens is 554 g/mol. The Morgan fingerprint density at radius 2 is 1.70 bits per heavy atom. The van der Waals surface area contributed by atoms with Crippen molar-refractivity contribution in [2.75, 3.05) is 26.1 Å². The lowest BCUT2D eigenvalue weighted by Gasteiger charge is -2.36. The van der Waals surface area contributed by atoms with Crippen LogP contribution in [-0.2, 0) is 9.53 Å². The molecule has 9 nitrogen and oxygen atoms in total. The van der Waals surface area contributed by atoms with Crippen LogP contribution in [0.15, 0.2) is 53.3 Å². The Labute approximate surface area is 260 Å². The zero-order valence-corrected chi connectivity index (χ0v) is 26.1. The first-order chi connectivity index (χ1) is 21.4. The first-order valence-electron chi connectivity index (χ1n) is 16.2. The standard InChI is InChI=1S/C35H45N5O4/c1-40(2)31-18-15-28(20-36-31)22-7-9-23(10-8-22)32(39-33(41)24-13-16-29(17-14-24)37-35(42)43-3)27-6-4-5-26(19-27)30-21-44-34(38-30)25-11-12-25/h4-6,15,18-25,29,32H,7-14,16-17H2,1-3H3,(H,37,42)(H,39,41). The number of carbonyl (C=O) groups excluding carboxylic acids is 2.